The average Bonchev–Trinajstić information content (AvgIpc) is 1.62. The van der Waals surface area contributed by atoms with Gasteiger partial charge in [0.1, 0.15) is 0 Å². The zero-order chi connectivity index (χ0) is 6.78. The summed E-state index contributed by atoms with van der Waals surface area (Å²) in [4.78, 5) is 0. The van der Waals surface area contributed by atoms with E-state index in [1.54, 1.807) is 0 Å². The van der Waals surface area contributed by atoms with Gasteiger partial charge in [-0.1, -0.05) is 0 Å². The normalized spacial score (nSPS) is 10.1. The molecule has 0 aliphatic carbocycles. The lowest BCUT2D eigenvalue weighted by Gasteiger charge is -2.01. The zero-order valence-electron chi connectivity index (χ0n) is 4.62. The molecule has 0 aliphatic rings. The lowest BCUT2D eigenvalue weighted by Crippen LogP contribution is -2.19. The van der Waals surface area contributed by atoms with Gasteiger partial charge in [-0.3, -0.25) is 0 Å². The molecule has 0 N–H and O–H groups in total. The summed E-state index contributed by atoms with van der Waals surface area (Å²) in [7, 11) is -2.09. The molecule has 46 valence electrons. The molecule has 0 rings (SSSR count). The molecule has 0 aromatic rings. The molecule has 0 aromatic heterocycles. The number of sulfonamides is 1. The van der Waals surface area contributed by atoms with Gasteiger partial charge < -0.3 is 0 Å². The molecule has 0 atom stereocenters. The smallest absolute Gasteiger partial charge is 0.209 e. The van der Waals surface area contributed by atoms with Crippen molar-refractivity contribution in [2.24, 2.45) is 0 Å². The molecular formula is C3H6N2O2S. The second kappa shape index (κ2) is 2.01. The Morgan fingerprint density at radius 3 is 2.00 bits per heavy atom. The average molecular weight is 134 g/mol. The summed E-state index contributed by atoms with van der Waals surface area (Å²) in [5, 5.41) is 7.97. The molecule has 5 heteroatoms. The van der Waals surface area contributed by atoms with Crippen LogP contribution in [-0.4, -0.2) is 26.0 Å². The number of nitriles is 1. The van der Waals surface area contributed by atoms with E-state index >= 15 is 0 Å². The molecule has 0 bridgehead atoms. The molecule has 0 amide bonds. The molecule has 8 heavy (non-hydrogen) atoms. The van der Waals surface area contributed by atoms with Gasteiger partial charge in [-0.15, -0.1) is 0 Å². The standard InChI is InChI=1S/C3H6N2O2S/c1-5(3-4)8(2,6)7/h1-2H3. The van der Waals surface area contributed by atoms with Crippen LogP contribution in [0.3, 0.4) is 0 Å². The van der Waals surface area contributed by atoms with E-state index in [1.807, 2.05) is 0 Å². The molecular weight excluding hydrogens is 128 g/mol. The maximum atomic E-state index is 10.3. The van der Waals surface area contributed by atoms with Crippen LogP contribution in [0.4, 0.5) is 0 Å². The molecule has 0 unspecified atom stereocenters. The van der Waals surface area contributed by atoms with Crippen LogP contribution < -0.4 is 0 Å². The molecule has 0 saturated carbocycles. The van der Waals surface area contributed by atoms with Crippen molar-refractivity contribution < 1.29 is 8.42 Å². The fourth-order valence-electron chi connectivity index (χ4n) is 0.0742. The van der Waals surface area contributed by atoms with Crippen molar-refractivity contribution in [2.45, 2.75) is 0 Å². The minimum absolute atomic E-state index is 0.590. The van der Waals surface area contributed by atoms with Crippen LogP contribution in [0.2, 0.25) is 0 Å². The van der Waals surface area contributed by atoms with Gasteiger partial charge in [0.05, 0.1) is 6.26 Å². The topological polar surface area (TPSA) is 61.2 Å². The summed E-state index contributed by atoms with van der Waals surface area (Å²) in [6, 6.07) is 0. The van der Waals surface area contributed by atoms with Crippen molar-refractivity contribution in [3.05, 3.63) is 0 Å². The monoisotopic (exact) mass is 134 g/mol. The van der Waals surface area contributed by atoms with Crippen molar-refractivity contribution in [2.75, 3.05) is 13.3 Å². The summed E-state index contributed by atoms with van der Waals surface area (Å²) >= 11 is 0. The van der Waals surface area contributed by atoms with Gasteiger partial charge in [0, 0.05) is 7.05 Å². The van der Waals surface area contributed by atoms with Crippen LogP contribution in [0.25, 0.3) is 0 Å². The van der Waals surface area contributed by atoms with E-state index in [-0.39, 0.29) is 0 Å². The highest BCUT2D eigenvalue weighted by molar-refractivity contribution is 7.88. The molecule has 4 nitrogen and oxygen atoms in total. The number of rotatable bonds is 1. The molecule has 0 aromatic carbocycles. The van der Waals surface area contributed by atoms with Crippen LogP contribution in [0.15, 0.2) is 0 Å². The first-order valence-electron chi connectivity index (χ1n) is 1.82. The van der Waals surface area contributed by atoms with Gasteiger partial charge in [-0.2, -0.15) is 5.26 Å². The Bertz CT molecular complexity index is 200. The van der Waals surface area contributed by atoms with Crippen molar-refractivity contribution in [3.8, 4) is 6.19 Å². The van der Waals surface area contributed by atoms with Gasteiger partial charge in [-0.05, 0) is 0 Å². The van der Waals surface area contributed by atoms with Crippen LogP contribution in [0, 0.1) is 11.5 Å². The fourth-order valence-corrected chi connectivity index (χ4v) is 0.222. The zero-order valence-corrected chi connectivity index (χ0v) is 5.44. The number of hydrogen-bond donors (Lipinski definition) is 0. The van der Waals surface area contributed by atoms with E-state index in [0.717, 1.165) is 6.26 Å². The van der Waals surface area contributed by atoms with Crippen LogP contribution in [0.5, 0.6) is 0 Å². The Hall–Kier alpha value is -0.760. The van der Waals surface area contributed by atoms with Gasteiger partial charge in [0.25, 0.3) is 0 Å². The lowest BCUT2D eigenvalue weighted by molar-refractivity contribution is 0.551. The highest BCUT2D eigenvalue weighted by Crippen LogP contribution is 1.86. The van der Waals surface area contributed by atoms with E-state index in [0.29, 0.717) is 4.31 Å². The summed E-state index contributed by atoms with van der Waals surface area (Å²) in [5.74, 6) is 0. The third-order valence-corrected chi connectivity index (χ3v) is 1.71. The van der Waals surface area contributed by atoms with Crippen molar-refractivity contribution in [1.29, 1.82) is 5.26 Å². The van der Waals surface area contributed by atoms with E-state index in [2.05, 4.69) is 0 Å². The first kappa shape index (κ1) is 7.24. The third-order valence-electron chi connectivity index (χ3n) is 0.638. The summed E-state index contributed by atoms with van der Waals surface area (Å²) in [5.41, 5.74) is 0. The summed E-state index contributed by atoms with van der Waals surface area (Å²) < 4.78 is 21.1. The first-order valence-corrected chi connectivity index (χ1v) is 3.67. The second-order valence-corrected chi connectivity index (χ2v) is 3.34. The Balaban J connectivity index is 4.34. The summed E-state index contributed by atoms with van der Waals surface area (Å²) in [6.07, 6.45) is 2.42. The highest BCUT2D eigenvalue weighted by atomic mass is 32.2. The Labute approximate surface area is 48.4 Å². The van der Waals surface area contributed by atoms with Crippen molar-refractivity contribution >= 4 is 10.0 Å². The quantitative estimate of drug-likeness (QED) is 0.354. The minimum atomic E-state index is -3.28. The molecule has 0 saturated heterocycles. The van der Waals surface area contributed by atoms with Crippen molar-refractivity contribution in [1.82, 2.24) is 4.31 Å². The molecule has 0 spiro atoms. The predicted molar refractivity (Wildman–Crippen MR) is 28.2 cm³/mol. The second-order valence-electron chi connectivity index (χ2n) is 1.33. The Kier molecular flexibility index (Phi) is 1.82. The van der Waals surface area contributed by atoms with Gasteiger partial charge in [-0.25, -0.2) is 12.7 Å². The molecule has 0 fully saturated rings. The SMILES string of the molecule is CN(C#N)S(C)(=O)=O. The van der Waals surface area contributed by atoms with E-state index in [1.165, 1.54) is 13.2 Å². The molecule has 0 heterocycles. The minimum Gasteiger partial charge on any atom is -0.209 e. The maximum Gasteiger partial charge on any atom is 0.240 e. The van der Waals surface area contributed by atoms with Gasteiger partial charge in [0.15, 0.2) is 6.19 Å². The highest BCUT2D eigenvalue weighted by Gasteiger charge is 2.05. The largest absolute Gasteiger partial charge is 0.240 e. The number of hydrogen-bond acceptors (Lipinski definition) is 3. The van der Waals surface area contributed by atoms with E-state index in [9.17, 15) is 8.42 Å². The van der Waals surface area contributed by atoms with E-state index in [4.69, 9.17) is 5.26 Å². The third kappa shape index (κ3) is 1.80. The van der Waals surface area contributed by atoms with Crippen molar-refractivity contribution in [3.63, 3.8) is 0 Å². The summed E-state index contributed by atoms with van der Waals surface area (Å²) in [6.45, 7) is 0. The molecule has 0 aliphatic heterocycles. The van der Waals surface area contributed by atoms with E-state index < -0.39 is 10.0 Å². The van der Waals surface area contributed by atoms with Gasteiger partial charge in [0.2, 0.25) is 10.0 Å². The maximum absolute atomic E-state index is 10.3. The molecule has 0 radical (unpaired) electrons. The lowest BCUT2D eigenvalue weighted by atomic mass is 11.2. The van der Waals surface area contributed by atoms with Gasteiger partial charge >= 0.3 is 0 Å². The fraction of sp³-hybridized carbons (Fsp3) is 0.667. The Morgan fingerprint density at radius 2 is 2.00 bits per heavy atom. The van der Waals surface area contributed by atoms with Crippen LogP contribution >= 0.6 is 0 Å². The number of nitrogens with zero attached hydrogens (tertiary/aromatic N) is 2. The Morgan fingerprint density at radius 1 is 1.62 bits per heavy atom. The van der Waals surface area contributed by atoms with Crippen LogP contribution in [-0.2, 0) is 10.0 Å². The first-order chi connectivity index (χ1) is 3.48. The van der Waals surface area contributed by atoms with Crippen LogP contribution in [0.1, 0.15) is 0 Å². The predicted octanol–water partition coefficient (Wildman–Crippen LogP) is -0.641.